The molecule has 0 unspecified atom stereocenters. The normalized spacial score (nSPS) is 11.7. The van der Waals surface area contributed by atoms with Crippen molar-refractivity contribution in [3.8, 4) is 18.2 Å². The minimum Gasteiger partial charge on any atom is -0.481 e. The summed E-state index contributed by atoms with van der Waals surface area (Å²) in [5.74, 6) is 2.17. The molecule has 0 saturated heterocycles. The largest absolute Gasteiger partial charge is 0.481 e. The summed E-state index contributed by atoms with van der Waals surface area (Å²) in [6, 6.07) is 0. The monoisotopic (exact) mass is 222 g/mol. The van der Waals surface area contributed by atoms with Crippen LogP contribution in [0.4, 0.5) is 0 Å². The van der Waals surface area contributed by atoms with Gasteiger partial charge in [0.15, 0.2) is 6.10 Å². The topological polar surface area (TPSA) is 53.3 Å². The molecule has 0 amide bonds. The van der Waals surface area contributed by atoms with Gasteiger partial charge in [0.1, 0.15) is 5.56 Å². The van der Waals surface area contributed by atoms with E-state index in [1.807, 2.05) is 0 Å². The van der Waals surface area contributed by atoms with Crippen LogP contribution in [0.5, 0.6) is 5.88 Å². The van der Waals surface area contributed by atoms with Crippen LogP contribution < -0.4 is 4.74 Å². The lowest BCUT2D eigenvalue weighted by Crippen LogP contribution is -2.14. The summed E-state index contributed by atoms with van der Waals surface area (Å²) in [7, 11) is 3.16. The molecule has 1 rings (SSSR count). The summed E-state index contributed by atoms with van der Waals surface area (Å²) >= 11 is 0. The van der Waals surface area contributed by atoms with E-state index in [1.54, 1.807) is 20.9 Å². The highest BCUT2D eigenvalue weighted by Crippen LogP contribution is 2.22. The Morgan fingerprint density at radius 2 is 2.25 bits per heavy atom. The van der Waals surface area contributed by atoms with Crippen LogP contribution in [0, 0.1) is 19.3 Å². The molecule has 0 aromatic carbocycles. The van der Waals surface area contributed by atoms with E-state index in [0.29, 0.717) is 17.1 Å². The Labute approximate surface area is 94.3 Å². The number of aromatic nitrogens is 2. The van der Waals surface area contributed by atoms with Gasteiger partial charge in [-0.2, -0.15) is 5.10 Å². The Balaban J connectivity index is 3.04. The Hall–Kier alpha value is -1.96. The third-order valence-corrected chi connectivity index (χ3v) is 2.09. The van der Waals surface area contributed by atoms with Crippen LogP contribution in [0.3, 0.4) is 0 Å². The van der Waals surface area contributed by atoms with Gasteiger partial charge in [-0.3, -0.25) is 0 Å². The van der Waals surface area contributed by atoms with Gasteiger partial charge in [-0.05, 0) is 13.8 Å². The third-order valence-electron chi connectivity index (χ3n) is 2.09. The molecule has 1 aromatic rings. The Morgan fingerprint density at radius 1 is 1.62 bits per heavy atom. The van der Waals surface area contributed by atoms with Crippen LogP contribution in [0.15, 0.2) is 0 Å². The van der Waals surface area contributed by atoms with Gasteiger partial charge >= 0.3 is 5.97 Å². The van der Waals surface area contributed by atoms with Crippen molar-refractivity contribution in [3.05, 3.63) is 11.3 Å². The molecule has 16 heavy (non-hydrogen) atoms. The minimum absolute atomic E-state index is 0.312. The molecule has 0 aliphatic heterocycles. The van der Waals surface area contributed by atoms with E-state index in [2.05, 4.69) is 11.0 Å². The van der Waals surface area contributed by atoms with Crippen molar-refractivity contribution in [2.45, 2.75) is 20.0 Å². The molecule has 0 radical (unpaired) electrons. The van der Waals surface area contributed by atoms with Crippen molar-refractivity contribution in [3.63, 3.8) is 0 Å². The highest BCUT2D eigenvalue weighted by atomic mass is 16.5. The molecule has 5 nitrogen and oxygen atoms in total. The van der Waals surface area contributed by atoms with Crippen LogP contribution in [0.25, 0.3) is 0 Å². The fraction of sp³-hybridized carbons (Fsp3) is 0.455. The van der Waals surface area contributed by atoms with E-state index in [0.717, 1.165) is 0 Å². The number of carbonyl (C=O) groups is 1. The Morgan fingerprint density at radius 3 is 2.75 bits per heavy atom. The van der Waals surface area contributed by atoms with Crippen molar-refractivity contribution in [2.24, 2.45) is 7.05 Å². The van der Waals surface area contributed by atoms with Gasteiger partial charge in [0, 0.05) is 7.05 Å². The van der Waals surface area contributed by atoms with Crippen LogP contribution in [0.2, 0.25) is 0 Å². The summed E-state index contributed by atoms with van der Waals surface area (Å²) in [5.41, 5.74) is 0.862. The third kappa shape index (κ3) is 2.16. The molecule has 0 aliphatic rings. The smallest absolute Gasteiger partial charge is 0.346 e. The fourth-order valence-electron chi connectivity index (χ4n) is 1.36. The minimum atomic E-state index is -0.572. The molecule has 0 fully saturated rings. The van der Waals surface area contributed by atoms with Crippen molar-refractivity contribution in [2.75, 3.05) is 7.11 Å². The molecule has 86 valence electrons. The lowest BCUT2D eigenvalue weighted by molar-refractivity contribution is 0.0434. The van der Waals surface area contributed by atoms with Gasteiger partial charge in [-0.1, -0.05) is 5.92 Å². The zero-order valence-electron chi connectivity index (χ0n) is 9.77. The first-order valence-corrected chi connectivity index (χ1v) is 4.76. The second kappa shape index (κ2) is 4.71. The fourth-order valence-corrected chi connectivity index (χ4v) is 1.36. The first-order valence-electron chi connectivity index (χ1n) is 4.76. The average Bonchev–Trinajstić information content (AvgIpc) is 2.52. The number of ether oxygens (including phenoxy) is 2. The quantitative estimate of drug-likeness (QED) is 0.563. The molecule has 0 bridgehead atoms. The summed E-state index contributed by atoms with van der Waals surface area (Å²) in [5, 5.41) is 4.08. The maximum absolute atomic E-state index is 11.8. The zero-order chi connectivity index (χ0) is 12.3. The van der Waals surface area contributed by atoms with Gasteiger partial charge in [0.25, 0.3) is 0 Å². The van der Waals surface area contributed by atoms with Gasteiger partial charge in [-0.15, -0.1) is 6.42 Å². The molecular weight excluding hydrogens is 208 g/mol. The molecule has 0 aliphatic carbocycles. The van der Waals surface area contributed by atoms with Crippen LogP contribution in [-0.4, -0.2) is 29.0 Å². The number of aryl methyl sites for hydroxylation is 2. The summed E-state index contributed by atoms with van der Waals surface area (Å²) in [6.07, 6.45) is 4.56. The average molecular weight is 222 g/mol. The molecule has 0 spiro atoms. The predicted octanol–water partition coefficient (Wildman–Crippen LogP) is 0.916. The summed E-state index contributed by atoms with van der Waals surface area (Å²) < 4.78 is 11.6. The van der Waals surface area contributed by atoms with Gasteiger partial charge < -0.3 is 9.47 Å². The second-order valence-corrected chi connectivity index (χ2v) is 3.31. The molecule has 5 heteroatoms. The van der Waals surface area contributed by atoms with E-state index in [4.69, 9.17) is 15.9 Å². The first kappa shape index (κ1) is 12.1. The predicted molar refractivity (Wildman–Crippen MR) is 58.2 cm³/mol. The van der Waals surface area contributed by atoms with Crippen LogP contribution in [0.1, 0.15) is 23.0 Å². The number of carbonyl (C=O) groups excluding carboxylic acids is 1. The highest BCUT2D eigenvalue weighted by Gasteiger charge is 2.23. The number of methoxy groups -OCH3 is 1. The number of terminal acetylenes is 1. The van der Waals surface area contributed by atoms with Crippen LogP contribution in [-0.2, 0) is 11.8 Å². The van der Waals surface area contributed by atoms with Crippen molar-refractivity contribution in [1.82, 2.24) is 9.78 Å². The second-order valence-electron chi connectivity index (χ2n) is 3.31. The maximum Gasteiger partial charge on any atom is 0.346 e. The number of rotatable bonds is 3. The van der Waals surface area contributed by atoms with Gasteiger partial charge in [0.2, 0.25) is 5.88 Å². The van der Waals surface area contributed by atoms with Crippen molar-refractivity contribution in [1.29, 1.82) is 0 Å². The SMILES string of the molecule is C#C[C@H](C)OC(=O)c1c(C)nn(C)c1OC. The van der Waals surface area contributed by atoms with Crippen molar-refractivity contribution < 1.29 is 14.3 Å². The lowest BCUT2D eigenvalue weighted by atomic mass is 10.2. The highest BCUT2D eigenvalue weighted by molar-refractivity contribution is 5.93. The van der Waals surface area contributed by atoms with E-state index in [-0.39, 0.29) is 0 Å². The maximum atomic E-state index is 11.8. The van der Waals surface area contributed by atoms with E-state index in [1.165, 1.54) is 11.8 Å². The molecule has 0 N–H and O–H groups in total. The van der Waals surface area contributed by atoms with E-state index in [9.17, 15) is 4.79 Å². The Bertz CT molecular complexity index is 443. The van der Waals surface area contributed by atoms with Gasteiger partial charge in [-0.25, -0.2) is 9.48 Å². The molecular formula is C11H14N2O3. The van der Waals surface area contributed by atoms with Gasteiger partial charge in [0.05, 0.1) is 12.8 Å². The lowest BCUT2D eigenvalue weighted by Gasteiger charge is -2.08. The summed E-state index contributed by atoms with van der Waals surface area (Å²) in [6.45, 7) is 3.33. The number of nitrogens with zero attached hydrogens (tertiary/aromatic N) is 2. The molecule has 1 aromatic heterocycles. The number of hydrogen-bond donors (Lipinski definition) is 0. The number of esters is 1. The molecule has 1 atom stereocenters. The first-order chi connectivity index (χ1) is 7.51. The summed E-state index contributed by atoms with van der Waals surface area (Å²) in [4.78, 5) is 11.8. The van der Waals surface area contributed by atoms with E-state index >= 15 is 0 Å². The molecule has 1 heterocycles. The van der Waals surface area contributed by atoms with E-state index < -0.39 is 12.1 Å². The standard InChI is InChI=1S/C11H14N2O3/c1-6-7(2)16-11(14)9-8(3)12-13(4)10(9)15-5/h1,7H,2-5H3/t7-/m0/s1. The van der Waals surface area contributed by atoms with Crippen molar-refractivity contribution >= 4 is 5.97 Å². The van der Waals surface area contributed by atoms with Crippen LogP contribution >= 0.6 is 0 Å². The zero-order valence-corrected chi connectivity index (χ0v) is 9.77. The number of hydrogen-bond acceptors (Lipinski definition) is 4. The Kier molecular flexibility index (Phi) is 3.56. The molecule has 0 saturated carbocycles.